The minimum Gasteiger partial charge on any atom is -0.283 e. The Balaban J connectivity index is 2.10. The molecule has 0 radical (unpaired) electrons. The summed E-state index contributed by atoms with van der Waals surface area (Å²) in [5, 5.41) is 8.70. The van der Waals surface area contributed by atoms with Crippen molar-refractivity contribution in [2.24, 2.45) is 0 Å². The number of sulfonamides is 1. The van der Waals surface area contributed by atoms with Crippen molar-refractivity contribution < 1.29 is 8.42 Å². The monoisotopic (exact) mass is 398 g/mol. The predicted octanol–water partition coefficient (Wildman–Crippen LogP) is 3.10. The normalized spacial score (nSPS) is 10.8. The van der Waals surface area contributed by atoms with Gasteiger partial charge in [-0.15, -0.1) is 0 Å². The summed E-state index contributed by atoms with van der Waals surface area (Å²) < 4.78 is 27.6. The van der Waals surface area contributed by atoms with Gasteiger partial charge in [0.05, 0.1) is 17.4 Å². The van der Waals surface area contributed by atoms with E-state index in [-0.39, 0.29) is 5.75 Å². The van der Waals surface area contributed by atoms with Gasteiger partial charge in [-0.2, -0.15) is 5.26 Å². The second kappa shape index (κ2) is 6.24. The summed E-state index contributed by atoms with van der Waals surface area (Å²) >= 11 is 2.16. The molecule has 20 heavy (non-hydrogen) atoms. The molecule has 0 aliphatic rings. The molecular formula is C14H11IN2O2S. The predicted molar refractivity (Wildman–Crippen MR) is 86.6 cm³/mol. The largest absolute Gasteiger partial charge is 0.283 e. The van der Waals surface area contributed by atoms with Crippen molar-refractivity contribution in [2.45, 2.75) is 5.75 Å². The smallest absolute Gasteiger partial charge is 0.236 e. The fraction of sp³-hybridized carbons (Fsp3) is 0.0714. The van der Waals surface area contributed by atoms with Crippen LogP contribution in [0.4, 0.5) is 5.69 Å². The van der Waals surface area contributed by atoms with Crippen LogP contribution in [0.2, 0.25) is 0 Å². The zero-order valence-corrected chi connectivity index (χ0v) is 13.3. The van der Waals surface area contributed by atoms with Crippen LogP contribution in [0.3, 0.4) is 0 Å². The molecule has 0 heterocycles. The number of nitriles is 1. The van der Waals surface area contributed by atoms with Gasteiger partial charge >= 0.3 is 0 Å². The van der Waals surface area contributed by atoms with E-state index in [0.29, 0.717) is 16.8 Å². The number of rotatable bonds is 4. The topological polar surface area (TPSA) is 70.0 Å². The summed E-state index contributed by atoms with van der Waals surface area (Å²) in [6, 6.07) is 15.6. The van der Waals surface area contributed by atoms with Crippen LogP contribution in [-0.2, 0) is 15.8 Å². The van der Waals surface area contributed by atoms with Crippen molar-refractivity contribution in [3.05, 3.63) is 63.2 Å². The molecule has 102 valence electrons. The maximum absolute atomic E-state index is 12.0. The van der Waals surface area contributed by atoms with E-state index < -0.39 is 10.0 Å². The molecule has 0 spiro atoms. The molecule has 2 aromatic rings. The lowest BCUT2D eigenvalue weighted by Crippen LogP contribution is -2.15. The zero-order valence-electron chi connectivity index (χ0n) is 10.4. The van der Waals surface area contributed by atoms with Crippen molar-refractivity contribution >= 4 is 38.3 Å². The van der Waals surface area contributed by atoms with Crippen molar-refractivity contribution in [3.8, 4) is 6.07 Å². The van der Waals surface area contributed by atoms with E-state index >= 15 is 0 Å². The standard InChI is InChI=1S/C14H11IN2O2S/c15-13-5-7-14(8-6-13)17-20(18,19)10-12-3-1-11(9-16)2-4-12/h1-8,17H,10H2. The Labute approximate surface area is 131 Å². The van der Waals surface area contributed by atoms with Gasteiger partial charge in [-0.1, -0.05) is 12.1 Å². The number of hydrogen-bond acceptors (Lipinski definition) is 3. The molecule has 0 amide bonds. The highest BCUT2D eigenvalue weighted by molar-refractivity contribution is 14.1. The van der Waals surface area contributed by atoms with Crippen LogP contribution in [0.1, 0.15) is 11.1 Å². The van der Waals surface area contributed by atoms with Gasteiger partial charge in [0.1, 0.15) is 0 Å². The second-order valence-electron chi connectivity index (χ2n) is 4.18. The summed E-state index contributed by atoms with van der Waals surface area (Å²) in [6.07, 6.45) is 0. The number of hydrogen-bond donors (Lipinski definition) is 1. The van der Waals surface area contributed by atoms with Gasteiger partial charge < -0.3 is 0 Å². The Hall–Kier alpha value is -1.59. The molecule has 0 aromatic heterocycles. The van der Waals surface area contributed by atoms with E-state index in [1.54, 1.807) is 36.4 Å². The molecule has 0 saturated carbocycles. The fourth-order valence-corrected chi connectivity index (χ4v) is 3.19. The van der Waals surface area contributed by atoms with Crippen LogP contribution in [0.25, 0.3) is 0 Å². The highest BCUT2D eigenvalue weighted by atomic mass is 127. The molecule has 0 atom stereocenters. The Morgan fingerprint density at radius 2 is 1.65 bits per heavy atom. The summed E-state index contributed by atoms with van der Waals surface area (Å²) in [4.78, 5) is 0. The van der Waals surface area contributed by atoms with Gasteiger partial charge in [-0.05, 0) is 64.6 Å². The summed E-state index contributed by atoms with van der Waals surface area (Å²) in [7, 11) is -3.46. The van der Waals surface area contributed by atoms with Crippen molar-refractivity contribution in [3.63, 3.8) is 0 Å². The van der Waals surface area contributed by atoms with E-state index in [1.165, 1.54) is 0 Å². The first kappa shape index (κ1) is 14.8. The van der Waals surface area contributed by atoms with Crippen LogP contribution in [0.15, 0.2) is 48.5 Å². The molecule has 1 N–H and O–H groups in total. The quantitative estimate of drug-likeness (QED) is 0.805. The molecule has 0 aliphatic carbocycles. The van der Waals surface area contributed by atoms with E-state index in [4.69, 9.17) is 5.26 Å². The van der Waals surface area contributed by atoms with E-state index in [0.717, 1.165) is 3.57 Å². The average Bonchev–Trinajstić information content (AvgIpc) is 2.41. The molecule has 0 unspecified atom stereocenters. The van der Waals surface area contributed by atoms with Gasteiger partial charge in [-0.25, -0.2) is 8.42 Å². The van der Waals surface area contributed by atoms with Crippen molar-refractivity contribution in [2.75, 3.05) is 4.72 Å². The summed E-state index contributed by atoms with van der Waals surface area (Å²) in [5.74, 6) is -0.120. The van der Waals surface area contributed by atoms with E-state index in [2.05, 4.69) is 27.3 Å². The number of nitrogens with one attached hydrogen (secondary N) is 1. The van der Waals surface area contributed by atoms with Crippen LogP contribution in [0, 0.1) is 14.9 Å². The highest BCUT2D eigenvalue weighted by Crippen LogP contribution is 2.15. The lowest BCUT2D eigenvalue weighted by molar-refractivity contribution is 0.600. The first-order chi connectivity index (χ1) is 9.48. The van der Waals surface area contributed by atoms with Crippen LogP contribution >= 0.6 is 22.6 Å². The van der Waals surface area contributed by atoms with Crippen molar-refractivity contribution in [1.82, 2.24) is 0 Å². The molecule has 0 fully saturated rings. The number of halogens is 1. The molecule has 2 aromatic carbocycles. The molecule has 6 heteroatoms. The Morgan fingerprint density at radius 1 is 1.05 bits per heavy atom. The number of nitrogens with zero attached hydrogens (tertiary/aromatic N) is 1. The van der Waals surface area contributed by atoms with E-state index in [9.17, 15) is 8.42 Å². The summed E-state index contributed by atoms with van der Waals surface area (Å²) in [6.45, 7) is 0. The van der Waals surface area contributed by atoms with Gasteiger partial charge in [0.2, 0.25) is 10.0 Å². The second-order valence-corrected chi connectivity index (χ2v) is 7.14. The third kappa shape index (κ3) is 4.21. The first-order valence-electron chi connectivity index (χ1n) is 5.74. The molecular weight excluding hydrogens is 387 g/mol. The zero-order chi connectivity index (χ0) is 14.6. The molecule has 0 bridgehead atoms. The van der Waals surface area contributed by atoms with Gasteiger partial charge in [0.25, 0.3) is 0 Å². The van der Waals surface area contributed by atoms with E-state index in [1.807, 2.05) is 18.2 Å². The Kier molecular flexibility index (Phi) is 4.62. The lowest BCUT2D eigenvalue weighted by atomic mass is 10.2. The van der Waals surface area contributed by atoms with Crippen LogP contribution in [-0.4, -0.2) is 8.42 Å². The Morgan fingerprint density at radius 3 is 2.20 bits per heavy atom. The van der Waals surface area contributed by atoms with Gasteiger partial charge in [0.15, 0.2) is 0 Å². The van der Waals surface area contributed by atoms with Crippen molar-refractivity contribution in [1.29, 1.82) is 5.26 Å². The number of benzene rings is 2. The van der Waals surface area contributed by atoms with Crippen LogP contribution in [0.5, 0.6) is 0 Å². The summed E-state index contributed by atoms with van der Waals surface area (Å²) in [5.41, 5.74) is 1.69. The van der Waals surface area contributed by atoms with Gasteiger partial charge in [-0.3, -0.25) is 4.72 Å². The van der Waals surface area contributed by atoms with Crippen LogP contribution < -0.4 is 4.72 Å². The maximum atomic E-state index is 12.0. The minimum absolute atomic E-state index is 0.120. The Bertz CT molecular complexity index is 732. The third-order valence-electron chi connectivity index (χ3n) is 2.56. The molecule has 4 nitrogen and oxygen atoms in total. The lowest BCUT2D eigenvalue weighted by Gasteiger charge is -2.08. The number of anilines is 1. The minimum atomic E-state index is -3.46. The SMILES string of the molecule is N#Cc1ccc(CS(=O)(=O)Nc2ccc(I)cc2)cc1. The molecule has 0 aliphatic heterocycles. The average molecular weight is 398 g/mol. The fourth-order valence-electron chi connectivity index (χ4n) is 1.63. The molecule has 2 rings (SSSR count). The first-order valence-corrected chi connectivity index (χ1v) is 8.47. The molecule has 0 saturated heterocycles. The maximum Gasteiger partial charge on any atom is 0.236 e. The highest BCUT2D eigenvalue weighted by Gasteiger charge is 2.11. The third-order valence-corrected chi connectivity index (χ3v) is 4.54. The van der Waals surface area contributed by atoms with Gasteiger partial charge in [0, 0.05) is 9.26 Å².